The van der Waals surface area contributed by atoms with Crippen LogP contribution in [0.2, 0.25) is 0 Å². The first-order valence-electron chi connectivity index (χ1n) is 13.9. The lowest BCUT2D eigenvalue weighted by Gasteiger charge is -2.30. The van der Waals surface area contributed by atoms with Gasteiger partial charge in [0.1, 0.15) is 5.82 Å². The second-order valence-corrected chi connectivity index (χ2v) is 10.1. The van der Waals surface area contributed by atoms with Crippen LogP contribution in [-0.4, -0.2) is 17.1 Å². The second kappa shape index (κ2) is 15.3. The third-order valence-electron chi connectivity index (χ3n) is 7.03. The Balaban J connectivity index is 0.000000650. The Labute approximate surface area is 229 Å². The van der Waals surface area contributed by atoms with Gasteiger partial charge in [0.15, 0.2) is 0 Å². The fourth-order valence-electron chi connectivity index (χ4n) is 5.26. The molecule has 1 aromatic heterocycles. The molecule has 0 saturated carbocycles. The molecule has 0 radical (unpaired) electrons. The Bertz CT molecular complexity index is 1230. The lowest BCUT2D eigenvalue weighted by molar-refractivity contribution is -0.143. The maximum atomic E-state index is 13.6. The molecule has 2 aliphatic carbocycles. The van der Waals surface area contributed by atoms with Crippen molar-refractivity contribution in [3.63, 3.8) is 0 Å². The summed E-state index contributed by atoms with van der Waals surface area (Å²) in [6.07, 6.45) is 14.8. The van der Waals surface area contributed by atoms with E-state index in [4.69, 9.17) is 4.74 Å². The predicted octanol–water partition coefficient (Wildman–Crippen LogP) is 7.45. The number of hydrogen-bond donors (Lipinski definition) is 0. The van der Waals surface area contributed by atoms with Crippen LogP contribution in [0.1, 0.15) is 95.4 Å². The molecule has 1 heterocycles. The zero-order chi connectivity index (χ0) is 28.2. The number of halogens is 1. The van der Waals surface area contributed by atoms with E-state index in [-0.39, 0.29) is 23.6 Å². The standard InChI is InChI=1S/C27H32FNO2.C4H8.C3H6/c1-5-31-25(30)16-20-11-14-22(18-9-12-21(28)13-10-18)26-23-15-19(17(2)3)7-6-8-24(23)29(4)27(20)26;1-3-4-2;1-3-2/h7-10,12-13,15,17,20,22H,5-6,11,14,16H2,1-4H3;3H,1,4H2,2H3;3H,1H2,2H3. The Hall–Kier alpha value is -3.14. The largest absolute Gasteiger partial charge is 0.466 e. The molecular formula is C34H46FNO2. The minimum Gasteiger partial charge on any atom is -0.466 e. The van der Waals surface area contributed by atoms with Gasteiger partial charge in [0.05, 0.1) is 13.0 Å². The molecule has 0 bridgehead atoms. The SMILES string of the molecule is C=CC.C=CCC.CCOC(=O)CC1CCC(c2ccc(F)cc2)c2c1n(C)c1c2=CC(C(C)C)=CCC=1. The molecule has 4 heteroatoms. The van der Waals surface area contributed by atoms with E-state index in [0.717, 1.165) is 31.2 Å². The highest BCUT2D eigenvalue weighted by Gasteiger charge is 2.34. The van der Waals surface area contributed by atoms with Crippen LogP contribution in [0.5, 0.6) is 0 Å². The Morgan fingerprint density at radius 2 is 1.79 bits per heavy atom. The number of rotatable bonds is 6. The van der Waals surface area contributed by atoms with Crippen LogP contribution in [0.4, 0.5) is 4.39 Å². The average molecular weight is 520 g/mol. The minimum atomic E-state index is -0.211. The summed E-state index contributed by atoms with van der Waals surface area (Å²) in [4.78, 5) is 12.4. The Morgan fingerprint density at radius 3 is 2.34 bits per heavy atom. The number of nitrogens with zero attached hydrogens (tertiary/aromatic N) is 1. The molecular weight excluding hydrogens is 473 g/mol. The lowest BCUT2D eigenvalue weighted by atomic mass is 9.75. The zero-order valence-corrected chi connectivity index (χ0v) is 24.2. The first-order chi connectivity index (χ1) is 18.2. The summed E-state index contributed by atoms with van der Waals surface area (Å²) in [5.41, 5.74) is 5.01. The zero-order valence-electron chi connectivity index (χ0n) is 24.2. The van der Waals surface area contributed by atoms with Crippen molar-refractivity contribution in [2.45, 2.75) is 78.6 Å². The highest BCUT2D eigenvalue weighted by atomic mass is 19.1. The van der Waals surface area contributed by atoms with Gasteiger partial charge in [0.25, 0.3) is 0 Å². The molecule has 0 saturated heterocycles. The highest BCUT2D eigenvalue weighted by Crippen LogP contribution is 2.42. The van der Waals surface area contributed by atoms with Crippen LogP contribution in [0.25, 0.3) is 12.2 Å². The molecule has 2 unspecified atom stereocenters. The van der Waals surface area contributed by atoms with Crippen LogP contribution in [0.15, 0.2) is 61.2 Å². The van der Waals surface area contributed by atoms with E-state index in [9.17, 15) is 9.18 Å². The van der Waals surface area contributed by atoms with E-state index in [1.165, 1.54) is 27.4 Å². The van der Waals surface area contributed by atoms with E-state index in [1.807, 2.05) is 32.1 Å². The molecule has 0 N–H and O–H groups in total. The van der Waals surface area contributed by atoms with E-state index in [2.05, 4.69) is 63.8 Å². The summed E-state index contributed by atoms with van der Waals surface area (Å²) in [7, 11) is 2.12. The number of esters is 1. The molecule has 38 heavy (non-hydrogen) atoms. The lowest BCUT2D eigenvalue weighted by Crippen LogP contribution is -2.29. The van der Waals surface area contributed by atoms with E-state index < -0.39 is 0 Å². The maximum Gasteiger partial charge on any atom is 0.306 e. The van der Waals surface area contributed by atoms with Gasteiger partial charge in [-0.15, -0.1) is 13.2 Å². The summed E-state index contributed by atoms with van der Waals surface area (Å²) in [5.74, 6) is 0.428. The van der Waals surface area contributed by atoms with Gasteiger partial charge in [-0.1, -0.05) is 57.2 Å². The molecule has 2 atom stereocenters. The molecule has 0 spiro atoms. The van der Waals surface area contributed by atoms with Crippen LogP contribution in [0.3, 0.4) is 0 Å². The van der Waals surface area contributed by atoms with E-state index in [1.54, 1.807) is 18.2 Å². The van der Waals surface area contributed by atoms with E-state index in [0.29, 0.717) is 18.9 Å². The van der Waals surface area contributed by atoms with E-state index >= 15 is 0 Å². The van der Waals surface area contributed by atoms with Gasteiger partial charge in [0, 0.05) is 35.1 Å². The van der Waals surface area contributed by atoms with Gasteiger partial charge >= 0.3 is 5.97 Å². The smallest absolute Gasteiger partial charge is 0.306 e. The number of benzene rings is 1. The summed E-state index contributed by atoms with van der Waals surface area (Å²) in [5, 5.41) is 2.48. The van der Waals surface area contributed by atoms with Crippen molar-refractivity contribution in [3.05, 3.63) is 94.4 Å². The van der Waals surface area contributed by atoms with Crippen LogP contribution < -0.4 is 10.6 Å². The van der Waals surface area contributed by atoms with Gasteiger partial charge in [-0.25, -0.2) is 4.39 Å². The Morgan fingerprint density at radius 1 is 1.16 bits per heavy atom. The van der Waals surface area contributed by atoms with Crippen molar-refractivity contribution in [2.75, 3.05) is 6.61 Å². The van der Waals surface area contributed by atoms with Crippen molar-refractivity contribution in [3.8, 4) is 0 Å². The summed E-state index contributed by atoms with van der Waals surface area (Å²) < 4.78 is 21.2. The maximum absolute atomic E-state index is 13.6. The fraction of sp³-hybridized carbons (Fsp3) is 0.441. The van der Waals surface area contributed by atoms with Crippen LogP contribution in [-0.2, 0) is 16.6 Å². The average Bonchev–Trinajstić information content (AvgIpc) is 3.03. The highest BCUT2D eigenvalue weighted by molar-refractivity contribution is 5.71. The van der Waals surface area contributed by atoms with Gasteiger partial charge in [-0.05, 0) is 80.4 Å². The molecule has 2 aromatic rings. The molecule has 0 fully saturated rings. The van der Waals surface area contributed by atoms with Gasteiger partial charge in [-0.2, -0.15) is 0 Å². The number of ether oxygens (including phenoxy) is 1. The van der Waals surface area contributed by atoms with Gasteiger partial charge < -0.3 is 9.30 Å². The van der Waals surface area contributed by atoms with Crippen molar-refractivity contribution >= 4 is 18.1 Å². The summed E-state index contributed by atoms with van der Waals surface area (Å²) >= 11 is 0. The first-order valence-corrected chi connectivity index (χ1v) is 13.9. The number of allylic oxidation sites excluding steroid dienone is 4. The molecule has 4 rings (SSSR count). The molecule has 0 aliphatic heterocycles. The number of aromatic nitrogens is 1. The summed E-state index contributed by atoms with van der Waals surface area (Å²) in [6.45, 7) is 17.5. The molecule has 2 aliphatic rings. The normalized spacial score (nSPS) is 17.4. The van der Waals surface area contributed by atoms with Crippen LogP contribution >= 0.6 is 0 Å². The molecule has 1 aromatic carbocycles. The number of hydrogen-bond acceptors (Lipinski definition) is 2. The Kier molecular flexibility index (Phi) is 12.5. The van der Waals surface area contributed by atoms with Crippen molar-refractivity contribution < 1.29 is 13.9 Å². The topological polar surface area (TPSA) is 31.2 Å². The number of carbonyl (C=O) groups excluding carboxylic acids is 1. The summed E-state index contributed by atoms with van der Waals surface area (Å²) in [6, 6.07) is 6.93. The molecule has 0 amide bonds. The van der Waals surface area contributed by atoms with Crippen LogP contribution in [0, 0.1) is 11.7 Å². The fourth-order valence-corrected chi connectivity index (χ4v) is 5.26. The minimum absolute atomic E-state index is 0.134. The van der Waals surface area contributed by atoms with Gasteiger partial charge in [0.2, 0.25) is 0 Å². The number of fused-ring (bicyclic) bond motifs is 3. The van der Waals surface area contributed by atoms with Crippen molar-refractivity contribution in [2.24, 2.45) is 13.0 Å². The third kappa shape index (κ3) is 7.69. The van der Waals surface area contributed by atoms with Gasteiger partial charge in [-0.3, -0.25) is 4.79 Å². The molecule has 206 valence electrons. The van der Waals surface area contributed by atoms with Crippen molar-refractivity contribution in [1.29, 1.82) is 0 Å². The second-order valence-electron chi connectivity index (χ2n) is 10.1. The quantitative estimate of drug-likeness (QED) is 0.293. The first kappa shape index (κ1) is 31.1. The number of carbonyl (C=O) groups is 1. The third-order valence-corrected chi connectivity index (χ3v) is 7.03. The monoisotopic (exact) mass is 519 g/mol. The predicted molar refractivity (Wildman–Crippen MR) is 159 cm³/mol. The molecule has 3 nitrogen and oxygen atoms in total. The van der Waals surface area contributed by atoms with Crippen molar-refractivity contribution in [1.82, 2.24) is 4.57 Å².